The molecule has 0 N–H and O–H groups in total. The van der Waals surface area contributed by atoms with Gasteiger partial charge in [0.05, 0.1) is 12.7 Å². The number of ether oxygens (including phenoxy) is 2. The first kappa shape index (κ1) is 17.2. The summed E-state index contributed by atoms with van der Waals surface area (Å²) in [7, 11) is 1.58. The minimum Gasteiger partial charge on any atom is -0.496 e. The molecule has 4 nitrogen and oxygen atoms in total. The van der Waals surface area contributed by atoms with Crippen molar-refractivity contribution in [1.29, 1.82) is 0 Å². The number of rotatable bonds is 5. The van der Waals surface area contributed by atoms with Crippen molar-refractivity contribution in [2.75, 3.05) is 7.11 Å². The molecule has 0 saturated heterocycles. The average Bonchev–Trinajstić information content (AvgIpc) is 2.89. The third-order valence-electron chi connectivity index (χ3n) is 4.76. The lowest BCUT2D eigenvalue weighted by atomic mass is 9.97. The van der Waals surface area contributed by atoms with Crippen LogP contribution >= 0.6 is 0 Å². The van der Waals surface area contributed by atoms with Crippen LogP contribution in [0, 0.1) is 6.92 Å². The first-order valence-corrected chi connectivity index (χ1v) is 8.39. The van der Waals surface area contributed by atoms with Gasteiger partial charge >= 0.3 is 0 Å². The molecule has 2 aromatic carbocycles. The minimum atomic E-state index is -0.0101. The Labute approximate surface area is 147 Å². The van der Waals surface area contributed by atoms with Gasteiger partial charge in [-0.1, -0.05) is 13.0 Å². The van der Waals surface area contributed by atoms with Crippen molar-refractivity contribution in [3.8, 4) is 11.5 Å². The number of methoxy groups -OCH3 is 1. The Bertz CT molecular complexity index is 851. The summed E-state index contributed by atoms with van der Waals surface area (Å²) in [6.45, 7) is 5.86. The van der Waals surface area contributed by atoms with Crippen LogP contribution in [0.4, 0.5) is 0 Å². The first-order chi connectivity index (χ1) is 11.9. The van der Waals surface area contributed by atoms with Gasteiger partial charge in [-0.05, 0) is 55.2 Å². The van der Waals surface area contributed by atoms with Crippen LogP contribution in [0.5, 0.6) is 11.5 Å². The second kappa shape index (κ2) is 6.71. The molecule has 0 amide bonds. The predicted octanol–water partition coefficient (Wildman–Crippen LogP) is 4.48. The zero-order chi connectivity index (χ0) is 18.1. The lowest BCUT2D eigenvalue weighted by molar-refractivity contribution is 0.0984. The Balaban J connectivity index is 1.92. The minimum absolute atomic E-state index is 0.0101. The van der Waals surface area contributed by atoms with Crippen molar-refractivity contribution >= 4 is 11.6 Å². The number of fused-ring (bicyclic) bond motifs is 1. The summed E-state index contributed by atoms with van der Waals surface area (Å²) in [4.78, 5) is 24.0. The molecule has 4 heteroatoms. The third-order valence-corrected chi connectivity index (χ3v) is 4.76. The van der Waals surface area contributed by atoms with Gasteiger partial charge in [0.1, 0.15) is 18.1 Å². The van der Waals surface area contributed by atoms with Crippen LogP contribution in [-0.4, -0.2) is 18.7 Å². The Hall–Kier alpha value is -2.62. The summed E-state index contributed by atoms with van der Waals surface area (Å²) in [5, 5.41) is 0. The SMILES string of the molecule is COc1ccc(C(C)=O)cc1COc1ccc(C)c2c1C(=O)CC2C. The highest BCUT2D eigenvalue weighted by Gasteiger charge is 2.31. The molecule has 2 aromatic rings. The highest BCUT2D eigenvalue weighted by Crippen LogP contribution is 2.40. The lowest BCUT2D eigenvalue weighted by Gasteiger charge is -2.15. The molecule has 0 aliphatic heterocycles. The Kier molecular flexibility index (Phi) is 4.62. The van der Waals surface area contributed by atoms with E-state index in [1.807, 2.05) is 19.1 Å². The van der Waals surface area contributed by atoms with E-state index in [2.05, 4.69) is 6.92 Å². The van der Waals surface area contributed by atoms with Crippen molar-refractivity contribution in [3.63, 3.8) is 0 Å². The van der Waals surface area contributed by atoms with E-state index in [0.29, 0.717) is 29.0 Å². The summed E-state index contributed by atoms with van der Waals surface area (Å²) in [6, 6.07) is 9.12. The van der Waals surface area contributed by atoms with E-state index in [1.54, 1.807) is 25.3 Å². The summed E-state index contributed by atoms with van der Waals surface area (Å²) >= 11 is 0. The molecule has 0 bridgehead atoms. The molecular formula is C21H22O4. The Morgan fingerprint density at radius 3 is 2.60 bits per heavy atom. The van der Waals surface area contributed by atoms with E-state index >= 15 is 0 Å². The second-order valence-corrected chi connectivity index (χ2v) is 6.57. The maximum atomic E-state index is 12.4. The Morgan fingerprint density at radius 1 is 1.20 bits per heavy atom. The highest BCUT2D eigenvalue weighted by molar-refractivity contribution is 6.04. The number of ketones is 2. The van der Waals surface area contributed by atoms with Crippen LogP contribution in [0.15, 0.2) is 30.3 Å². The van der Waals surface area contributed by atoms with Crippen molar-refractivity contribution in [2.45, 2.75) is 39.7 Å². The summed E-state index contributed by atoms with van der Waals surface area (Å²) in [6.07, 6.45) is 0.527. The van der Waals surface area contributed by atoms with E-state index < -0.39 is 0 Å². The lowest BCUT2D eigenvalue weighted by Crippen LogP contribution is -2.05. The molecule has 0 saturated carbocycles. The molecule has 130 valence electrons. The van der Waals surface area contributed by atoms with Crippen molar-refractivity contribution in [3.05, 3.63) is 58.1 Å². The van der Waals surface area contributed by atoms with E-state index in [1.165, 1.54) is 6.92 Å². The van der Waals surface area contributed by atoms with Crippen LogP contribution < -0.4 is 9.47 Å². The number of carbonyl (C=O) groups excluding carboxylic acids is 2. The van der Waals surface area contributed by atoms with E-state index in [4.69, 9.17) is 9.47 Å². The van der Waals surface area contributed by atoms with Gasteiger partial charge < -0.3 is 9.47 Å². The number of carbonyl (C=O) groups is 2. The van der Waals surface area contributed by atoms with Crippen molar-refractivity contribution in [2.24, 2.45) is 0 Å². The van der Waals surface area contributed by atoms with Gasteiger partial charge in [-0.25, -0.2) is 0 Å². The molecule has 1 unspecified atom stereocenters. The maximum absolute atomic E-state index is 12.4. The van der Waals surface area contributed by atoms with Gasteiger partial charge in [0.15, 0.2) is 11.6 Å². The maximum Gasteiger partial charge on any atom is 0.167 e. The highest BCUT2D eigenvalue weighted by atomic mass is 16.5. The van der Waals surface area contributed by atoms with Crippen LogP contribution in [0.25, 0.3) is 0 Å². The predicted molar refractivity (Wildman–Crippen MR) is 95.9 cm³/mol. The first-order valence-electron chi connectivity index (χ1n) is 8.39. The molecule has 0 radical (unpaired) electrons. The zero-order valence-corrected chi connectivity index (χ0v) is 15.0. The smallest absolute Gasteiger partial charge is 0.167 e. The van der Waals surface area contributed by atoms with Gasteiger partial charge in [0, 0.05) is 17.5 Å². The largest absolute Gasteiger partial charge is 0.496 e. The van der Waals surface area contributed by atoms with E-state index in [-0.39, 0.29) is 24.1 Å². The monoisotopic (exact) mass is 338 g/mol. The van der Waals surface area contributed by atoms with Crippen molar-refractivity contribution in [1.82, 2.24) is 0 Å². The third kappa shape index (κ3) is 3.16. The van der Waals surface area contributed by atoms with E-state index in [0.717, 1.165) is 16.7 Å². The topological polar surface area (TPSA) is 52.6 Å². The zero-order valence-electron chi connectivity index (χ0n) is 15.0. The van der Waals surface area contributed by atoms with Gasteiger partial charge in [-0.2, -0.15) is 0 Å². The molecule has 1 aliphatic carbocycles. The van der Waals surface area contributed by atoms with Crippen LogP contribution in [-0.2, 0) is 6.61 Å². The molecule has 0 heterocycles. The number of aryl methyl sites for hydroxylation is 1. The fourth-order valence-electron chi connectivity index (χ4n) is 3.49. The molecule has 0 spiro atoms. The number of hydrogen-bond donors (Lipinski definition) is 0. The fraction of sp³-hybridized carbons (Fsp3) is 0.333. The normalized spacial score (nSPS) is 15.8. The average molecular weight is 338 g/mol. The number of benzene rings is 2. The summed E-state index contributed by atoms with van der Waals surface area (Å²) in [5.41, 5.74) is 4.30. The van der Waals surface area contributed by atoms with Crippen LogP contribution in [0.1, 0.15) is 63.6 Å². The quantitative estimate of drug-likeness (QED) is 0.755. The second-order valence-electron chi connectivity index (χ2n) is 6.57. The van der Waals surface area contributed by atoms with Gasteiger partial charge in [-0.3, -0.25) is 9.59 Å². The molecule has 1 atom stereocenters. The van der Waals surface area contributed by atoms with Crippen molar-refractivity contribution < 1.29 is 19.1 Å². The van der Waals surface area contributed by atoms with Crippen LogP contribution in [0.2, 0.25) is 0 Å². The van der Waals surface area contributed by atoms with Gasteiger partial charge in [0.2, 0.25) is 0 Å². The molecule has 3 rings (SSSR count). The number of hydrogen-bond acceptors (Lipinski definition) is 4. The molecule has 0 fully saturated rings. The van der Waals surface area contributed by atoms with Crippen LogP contribution in [0.3, 0.4) is 0 Å². The molecule has 0 aromatic heterocycles. The van der Waals surface area contributed by atoms with Gasteiger partial charge in [-0.15, -0.1) is 0 Å². The fourth-order valence-corrected chi connectivity index (χ4v) is 3.49. The number of Topliss-reactive ketones (excluding diaryl/α,β-unsaturated/α-hetero) is 2. The standard InChI is InChI=1S/C21H22O4/c1-12-5-7-19(21-17(23)9-13(2)20(12)21)25-11-16-10-15(14(3)22)6-8-18(16)24-4/h5-8,10,13H,9,11H2,1-4H3. The van der Waals surface area contributed by atoms with E-state index in [9.17, 15) is 9.59 Å². The Morgan fingerprint density at radius 2 is 1.92 bits per heavy atom. The molecule has 25 heavy (non-hydrogen) atoms. The summed E-state index contributed by atoms with van der Waals surface area (Å²) in [5.74, 6) is 1.61. The molecular weight excluding hydrogens is 316 g/mol. The molecule has 1 aliphatic rings. The summed E-state index contributed by atoms with van der Waals surface area (Å²) < 4.78 is 11.3. The van der Waals surface area contributed by atoms with Gasteiger partial charge in [0.25, 0.3) is 0 Å².